The van der Waals surface area contributed by atoms with Crippen LogP contribution in [0.5, 0.6) is 6.01 Å². The van der Waals surface area contributed by atoms with E-state index in [1.165, 1.54) is 4.90 Å². The second-order valence-electron chi connectivity index (χ2n) is 5.28. The number of halogens is 1. The number of likely N-dealkylation sites (tertiary alicyclic amines) is 1. The lowest BCUT2D eigenvalue weighted by molar-refractivity contribution is 0.0178. The van der Waals surface area contributed by atoms with E-state index in [2.05, 4.69) is 9.97 Å². The zero-order chi connectivity index (χ0) is 15.1. The first kappa shape index (κ1) is 13.9. The number of carbonyl (C=O) groups is 1. The first-order chi connectivity index (χ1) is 9.95. The third kappa shape index (κ3) is 2.49. The van der Waals surface area contributed by atoms with Crippen molar-refractivity contribution >= 4 is 28.7 Å². The van der Waals surface area contributed by atoms with Gasteiger partial charge in [-0.1, -0.05) is 11.6 Å². The molecule has 2 aromatic rings. The Morgan fingerprint density at radius 1 is 1.52 bits per heavy atom. The van der Waals surface area contributed by atoms with Gasteiger partial charge in [-0.05, 0) is 13.8 Å². The van der Waals surface area contributed by atoms with E-state index in [0.29, 0.717) is 29.8 Å². The fourth-order valence-electron chi connectivity index (χ4n) is 2.35. The molecule has 112 valence electrons. The maximum atomic E-state index is 10.8. The van der Waals surface area contributed by atoms with Crippen LogP contribution in [0.4, 0.5) is 4.79 Å². The number of pyridine rings is 1. The van der Waals surface area contributed by atoms with Crippen LogP contribution in [0.1, 0.15) is 19.9 Å². The van der Waals surface area contributed by atoms with Gasteiger partial charge in [-0.2, -0.15) is 4.98 Å². The monoisotopic (exact) mass is 310 g/mol. The van der Waals surface area contributed by atoms with Gasteiger partial charge in [0, 0.05) is 12.1 Å². The smallest absolute Gasteiger partial charge is 0.407 e. The lowest BCUT2D eigenvalue weighted by Crippen LogP contribution is -2.55. The van der Waals surface area contributed by atoms with Gasteiger partial charge in [-0.25, -0.2) is 9.78 Å². The molecule has 1 fully saturated rings. The van der Waals surface area contributed by atoms with Crippen LogP contribution in [0.15, 0.2) is 12.3 Å². The highest BCUT2D eigenvalue weighted by atomic mass is 35.5. The molecule has 0 radical (unpaired) electrons. The number of hydrogen-bond acceptors (Lipinski definition) is 4. The molecule has 1 aliphatic rings. The number of imidazole rings is 1. The van der Waals surface area contributed by atoms with E-state index in [4.69, 9.17) is 21.4 Å². The molecular weight excluding hydrogens is 296 g/mol. The lowest BCUT2D eigenvalue weighted by Gasteiger charge is -2.36. The highest BCUT2D eigenvalue weighted by Gasteiger charge is 2.33. The van der Waals surface area contributed by atoms with Gasteiger partial charge in [0.1, 0.15) is 16.8 Å². The van der Waals surface area contributed by atoms with Crippen LogP contribution < -0.4 is 4.74 Å². The molecular formula is C13H15ClN4O3. The lowest BCUT2D eigenvalue weighted by atomic mass is 10.2. The molecule has 1 saturated heterocycles. The summed E-state index contributed by atoms with van der Waals surface area (Å²) in [5.74, 6) is 0. The Hall–Kier alpha value is -2.02. The Morgan fingerprint density at radius 3 is 2.86 bits per heavy atom. The largest absolute Gasteiger partial charge is 0.465 e. The molecule has 1 amide bonds. The van der Waals surface area contributed by atoms with E-state index in [-0.39, 0.29) is 12.1 Å². The van der Waals surface area contributed by atoms with Crippen molar-refractivity contribution < 1.29 is 14.6 Å². The Morgan fingerprint density at radius 2 is 2.24 bits per heavy atom. The first-order valence-corrected chi connectivity index (χ1v) is 7.01. The van der Waals surface area contributed by atoms with Crippen LogP contribution in [0.2, 0.25) is 5.15 Å². The number of hydrogen-bond donors (Lipinski definition) is 1. The molecule has 21 heavy (non-hydrogen) atoms. The molecule has 0 aromatic carbocycles. The molecule has 0 aliphatic carbocycles. The Bertz CT molecular complexity index is 694. The van der Waals surface area contributed by atoms with Crippen LogP contribution >= 0.6 is 11.6 Å². The second kappa shape index (κ2) is 5.07. The molecule has 0 unspecified atom stereocenters. The SMILES string of the molecule is CC(C)n1c(OC2CN(C(=O)O)C2)nc2cnc(Cl)cc21. The topological polar surface area (TPSA) is 80.5 Å². The predicted octanol–water partition coefficient (Wildman–Crippen LogP) is 2.41. The van der Waals surface area contributed by atoms with Gasteiger partial charge in [0.15, 0.2) is 0 Å². The molecule has 1 N–H and O–H groups in total. The summed E-state index contributed by atoms with van der Waals surface area (Å²) in [6, 6.07) is 2.36. The van der Waals surface area contributed by atoms with Crippen molar-refractivity contribution in [1.82, 2.24) is 19.4 Å². The predicted molar refractivity (Wildman–Crippen MR) is 76.9 cm³/mol. The zero-order valence-corrected chi connectivity index (χ0v) is 12.4. The molecule has 1 aliphatic heterocycles. The molecule has 0 saturated carbocycles. The maximum absolute atomic E-state index is 10.8. The fraction of sp³-hybridized carbons (Fsp3) is 0.462. The molecule has 8 heteroatoms. The van der Waals surface area contributed by atoms with Gasteiger partial charge >= 0.3 is 6.09 Å². The summed E-state index contributed by atoms with van der Waals surface area (Å²) >= 11 is 5.94. The van der Waals surface area contributed by atoms with E-state index in [9.17, 15) is 4.79 Å². The van der Waals surface area contributed by atoms with E-state index >= 15 is 0 Å². The minimum atomic E-state index is -0.928. The maximum Gasteiger partial charge on any atom is 0.407 e. The minimum absolute atomic E-state index is 0.138. The average molecular weight is 311 g/mol. The fourth-order valence-corrected chi connectivity index (χ4v) is 2.50. The Labute approximate surface area is 126 Å². The van der Waals surface area contributed by atoms with Crippen LogP contribution in [0, 0.1) is 0 Å². The summed E-state index contributed by atoms with van der Waals surface area (Å²) < 4.78 is 7.76. The summed E-state index contributed by atoms with van der Waals surface area (Å²) in [5.41, 5.74) is 1.56. The van der Waals surface area contributed by atoms with Gasteiger partial charge in [-0.3, -0.25) is 4.57 Å². The van der Waals surface area contributed by atoms with E-state index in [1.54, 1.807) is 12.3 Å². The van der Waals surface area contributed by atoms with E-state index < -0.39 is 6.09 Å². The summed E-state index contributed by atoms with van der Waals surface area (Å²) in [6.07, 6.45) is 0.510. The Kier molecular flexibility index (Phi) is 3.36. The quantitative estimate of drug-likeness (QED) is 0.880. The van der Waals surface area contributed by atoms with Crippen molar-refractivity contribution in [2.75, 3.05) is 13.1 Å². The number of carboxylic acid groups (broad SMARTS) is 1. The van der Waals surface area contributed by atoms with Crippen molar-refractivity contribution in [2.24, 2.45) is 0 Å². The van der Waals surface area contributed by atoms with Crippen molar-refractivity contribution in [2.45, 2.75) is 26.0 Å². The van der Waals surface area contributed by atoms with Crippen LogP contribution in [0.25, 0.3) is 11.0 Å². The number of fused-ring (bicyclic) bond motifs is 1. The van der Waals surface area contributed by atoms with E-state index in [0.717, 1.165) is 5.52 Å². The molecule has 3 heterocycles. The molecule has 0 spiro atoms. The molecule has 7 nitrogen and oxygen atoms in total. The summed E-state index contributed by atoms with van der Waals surface area (Å²) in [7, 11) is 0. The third-order valence-corrected chi connectivity index (χ3v) is 3.62. The first-order valence-electron chi connectivity index (χ1n) is 6.63. The third-order valence-electron chi connectivity index (χ3n) is 3.42. The van der Waals surface area contributed by atoms with Gasteiger partial charge < -0.3 is 14.7 Å². The number of amides is 1. The van der Waals surface area contributed by atoms with Gasteiger partial charge in [0.25, 0.3) is 6.01 Å². The normalized spacial score (nSPS) is 15.5. The summed E-state index contributed by atoms with van der Waals surface area (Å²) in [6.45, 7) is 4.75. The van der Waals surface area contributed by atoms with Crippen LogP contribution in [-0.4, -0.2) is 49.8 Å². The highest BCUT2D eigenvalue weighted by molar-refractivity contribution is 6.29. The van der Waals surface area contributed by atoms with Gasteiger partial charge in [0.05, 0.1) is 24.8 Å². The van der Waals surface area contributed by atoms with Gasteiger partial charge in [0.2, 0.25) is 0 Å². The average Bonchev–Trinajstić information content (AvgIpc) is 2.69. The number of aromatic nitrogens is 3. The van der Waals surface area contributed by atoms with Crippen molar-refractivity contribution in [3.63, 3.8) is 0 Å². The standard InChI is InChI=1S/C13H15ClN4O3/c1-7(2)18-10-3-11(14)15-4-9(10)16-12(18)21-8-5-17(6-8)13(19)20/h3-4,7-8H,5-6H2,1-2H3,(H,19,20). The summed E-state index contributed by atoms with van der Waals surface area (Å²) in [4.78, 5) is 20.5. The van der Waals surface area contributed by atoms with Crippen molar-refractivity contribution in [3.05, 3.63) is 17.4 Å². The minimum Gasteiger partial charge on any atom is -0.465 e. The van der Waals surface area contributed by atoms with Crippen LogP contribution in [0.3, 0.4) is 0 Å². The number of rotatable bonds is 3. The molecule has 0 bridgehead atoms. The van der Waals surface area contributed by atoms with Crippen molar-refractivity contribution in [3.8, 4) is 6.01 Å². The highest BCUT2D eigenvalue weighted by Crippen LogP contribution is 2.28. The van der Waals surface area contributed by atoms with E-state index in [1.807, 2.05) is 18.4 Å². The zero-order valence-electron chi connectivity index (χ0n) is 11.7. The molecule has 3 rings (SSSR count). The second-order valence-corrected chi connectivity index (χ2v) is 5.67. The van der Waals surface area contributed by atoms with Gasteiger partial charge in [-0.15, -0.1) is 0 Å². The molecule has 2 aromatic heterocycles. The van der Waals surface area contributed by atoms with Crippen LogP contribution in [-0.2, 0) is 0 Å². The Balaban J connectivity index is 1.88. The van der Waals surface area contributed by atoms with Crippen molar-refractivity contribution in [1.29, 1.82) is 0 Å². The number of nitrogens with zero attached hydrogens (tertiary/aromatic N) is 4. The number of ether oxygens (including phenoxy) is 1. The summed E-state index contributed by atoms with van der Waals surface area (Å²) in [5, 5.41) is 9.23. The molecule has 0 atom stereocenters.